The lowest BCUT2D eigenvalue weighted by atomic mass is 10.0. The number of nitrogens with one attached hydrogen (secondary N) is 2. The van der Waals surface area contributed by atoms with Crippen molar-refractivity contribution in [2.75, 3.05) is 6.26 Å². The molecule has 2 aromatic rings. The zero-order valence-electron chi connectivity index (χ0n) is 11.7. The number of rotatable bonds is 3. The molecule has 1 atom stereocenters. The molecule has 0 fully saturated rings. The molecule has 0 amide bonds. The molecule has 2 nitrogen and oxygen atoms in total. The van der Waals surface area contributed by atoms with Crippen molar-refractivity contribution in [2.45, 2.75) is 10.9 Å². The van der Waals surface area contributed by atoms with Gasteiger partial charge in [-0.2, -0.15) is 0 Å². The predicted octanol–water partition coefficient (Wildman–Crippen LogP) is 3.97. The molecule has 2 aromatic carbocycles. The van der Waals surface area contributed by atoms with Gasteiger partial charge in [-0.25, -0.2) is 0 Å². The summed E-state index contributed by atoms with van der Waals surface area (Å²) in [7, 11) is 0. The molecular formula is C17H16N2S2. The summed E-state index contributed by atoms with van der Waals surface area (Å²) in [6.07, 6.45) is 4.26. The predicted molar refractivity (Wildman–Crippen MR) is 94.3 cm³/mol. The van der Waals surface area contributed by atoms with Gasteiger partial charge in [-0.1, -0.05) is 42.5 Å². The highest BCUT2D eigenvalue weighted by Gasteiger charge is 2.18. The molecule has 2 N–H and O–H groups in total. The molecule has 1 aliphatic heterocycles. The van der Waals surface area contributed by atoms with Gasteiger partial charge in [-0.15, -0.1) is 11.8 Å². The van der Waals surface area contributed by atoms with E-state index in [1.54, 1.807) is 11.8 Å². The average molecular weight is 312 g/mol. The number of thioether (sulfide) groups is 1. The summed E-state index contributed by atoms with van der Waals surface area (Å²) in [6.45, 7) is 0. The van der Waals surface area contributed by atoms with E-state index >= 15 is 0 Å². The summed E-state index contributed by atoms with van der Waals surface area (Å²) < 4.78 is 0. The third-order valence-electron chi connectivity index (χ3n) is 3.43. The first kappa shape index (κ1) is 14.2. The van der Waals surface area contributed by atoms with E-state index in [-0.39, 0.29) is 6.04 Å². The average Bonchev–Trinajstić information content (AvgIpc) is 2.55. The number of hydrogen-bond acceptors (Lipinski definition) is 2. The zero-order chi connectivity index (χ0) is 14.7. The van der Waals surface area contributed by atoms with E-state index in [1.807, 2.05) is 18.2 Å². The Morgan fingerprint density at radius 1 is 1.00 bits per heavy atom. The summed E-state index contributed by atoms with van der Waals surface area (Å²) in [6, 6.07) is 18.9. The van der Waals surface area contributed by atoms with Gasteiger partial charge in [0.2, 0.25) is 0 Å². The van der Waals surface area contributed by atoms with Crippen LogP contribution in [0.1, 0.15) is 17.2 Å². The molecule has 21 heavy (non-hydrogen) atoms. The molecule has 3 rings (SSSR count). The summed E-state index contributed by atoms with van der Waals surface area (Å²) >= 11 is 7.09. The molecule has 0 saturated carbocycles. The monoisotopic (exact) mass is 312 g/mol. The van der Waals surface area contributed by atoms with E-state index < -0.39 is 0 Å². The molecule has 0 bridgehead atoms. The van der Waals surface area contributed by atoms with Crippen molar-refractivity contribution in [1.82, 2.24) is 10.6 Å². The SMILES string of the molecule is CSc1ccc(C2C=C(c3ccccc3)NC(=S)N2)cc1. The maximum atomic E-state index is 5.34. The van der Waals surface area contributed by atoms with Crippen molar-refractivity contribution in [2.24, 2.45) is 0 Å². The van der Waals surface area contributed by atoms with Gasteiger partial charge in [0, 0.05) is 10.6 Å². The Hall–Kier alpha value is -1.78. The quantitative estimate of drug-likeness (QED) is 0.661. The second-order valence-electron chi connectivity index (χ2n) is 4.80. The summed E-state index contributed by atoms with van der Waals surface area (Å²) in [4.78, 5) is 1.27. The third-order valence-corrected chi connectivity index (χ3v) is 4.39. The van der Waals surface area contributed by atoms with E-state index in [1.165, 1.54) is 10.5 Å². The minimum atomic E-state index is 0.102. The molecule has 0 radical (unpaired) electrons. The molecule has 4 heteroatoms. The van der Waals surface area contributed by atoms with Crippen LogP contribution in [0.15, 0.2) is 65.6 Å². The van der Waals surface area contributed by atoms with Crippen LogP contribution in [0, 0.1) is 0 Å². The lowest BCUT2D eigenvalue weighted by Gasteiger charge is -2.26. The van der Waals surface area contributed by atoms with Crippen LogP contribution in [-0.2, 0) is 0 Å². The third kappa shape index (κ3) is 3.28. The van der Waals surface area contributed by atoms with Crippen LogP contribution in [0.2, 0.25) is 0 Å². The molecule has 0 aromatic heterocycles. The van der Waals surface area contributed by atoms with Crippen molar-refractivity contribution < 1.29 is 0 Å². The van der Waals surface area contributed by atoms with Crippen LogP contribution in [0.3, 0.4) is 0 Å². The van der Waals surface area contributed by atoms with Crippen molar-refractivity contribution in [3.8, 4) is 0 Å². The Balaban J connectivity index is 1.92. The van der Waals surface area contributed by atoms with Crippen molar-refractivity contribution in [1.29, 1.82) is 0 Å². The first-order valence-corrected chi connectivity index (χ1v) is 8.38. The van der Waals surface area contributed by atoms with Crippen molar-refractivity contribution in [3.05, 3.63) is 71.8 Å². The minimum Gasteiger partial charge on any atom is -0.352 e. The maximum Gasteiger partial charge on any atom is 0.171 e. The van der Waals surface area contributed by atoms with Crippen LogP contribution in [-0.4, -0.2) is 11.4 Å². The molecule has 1 aliphatic rings. The van der Waals surface area contributed by atoms with E-state index in [9.17, 15) is 0 Å². The molecule has 0 saturated heterocycles. The molecule has 106 valence electrons. The van der Waals surface area contributed by atoms with Crippen LogP contribution in [0.5, 0.6) is 0 Å². The fourth-order valence-electron chi connectivity index (χ4n) is 2.33. The smallest absolute Gasteiger partial charge is 0.171 e. The zero-order valence-corrected chi connectivity index (χ0v) is 13.3. The highest BCUT2D eigenvalue weighted by Crippen LogP contribution is 2.25. The Morgan fingerprint density at radius 2 is 1.71 bits per heavy atom. The Kier molecular flexibility index (Phi) is 4.27. The number of hydrogen-bond donors (Lipinski definition) is 2. The fourth-order valence-corrected chi connectivity index (χ4v) is 2.97. The van der Waals surface area contributed by atoms with Gasteiger partial charge in [-0.3, -0.25) is 0 Å². The first-order chi connectivity index (χ1) is 10.3. The molecular weight excluding hydrogens is 296 g/mol. The summed E-state index contributed by atoms with van der Waals surface area (Å²) in [5, 5.41) is 7.20. The van der Waals surface area contributed by atoms with E-state index in [0.29, 0.717) is 5.11 Å². The standard InChI is InChI=1S/C17H16N2S2/c1-21-14-9-7-13(8-10-14)16-11-15(18-17(20)19-16)12-5-3-2-4-6-12/h2-11,16H,1H3,(H2,18,19,20). The van der Waals surface area contributed by atoms with Crippen LogP contribution >= 0.6 is 24.0 Å². The fraction of sp³-hybridized carbons (Fsp3) is 0.118. The molecule has 0 spiro atoms. The summed E-state index contributed by atoms with van der Waals surface area (Å²) in [5.74, 6) is 0. The van der Waals surface area contributed by atoms with Crippen LogP contribution in [0.4, 0.5) is 0 Å². The van der Waals surface area contributed by atoms with Gasteiger partial charge >= 0.3 is 0 Å². The first-order valence-electron chi connectivity index (χ1n) is 6.75. The van der Waals surface area contributed by atoms with Gasteiger partial charge in [0.15, 0.2) is 5.11 Å². The molecule has 1 heterocycles. The van der Waals surface area contributed by atoms with E-state index in [2.05, 4.69) is 59.4 Å². The number of thiocarbonyl (C=S) groups is 1. The second kappa shape index (κ2) is 6.33. The Labute approximate surface area is 134 Å². The lowest BCUT2D eigenvalue weighted by molar-refractivity contribution is 0.764. The number of benzene rings is 2. The summed E-state index contributed by atoms with van der Waals surface area (Å²) in [5.41, 5.74) is 3.41. The Bertz CT molecular complexity index is 663. The highest BCUT2D eigenvalue weighted by atomic mass is 32.2. The molecule has 0 aliphatic carbocycles. The highest BCUT2D eigenvalue weighted by molar-refractivity contribution is 7.98. The Morgan fingerprint density at radius 3 is 2.38 bits per heavy atom. The van der Waals surface area contributed by atoms with Crippen molar-refractivity contribution >= 4 is 34.8 Å². The van der Waals surface area contributed by atoms with E-state index in [4.69, 9.17) is 12.2 Å². The van der Waals surface area contributed by atoms with Crippen LogP contribution in [0.25, 0.3) is 5.70 Å². The molecule has 1 unspecified atom stereocenters. The van der Waals surface area contributed by atoms with Gasteiger partial charge in [0.05, 0.1) is 6.04 Å². The van der Waals surface area contributed by atoms with Gasteiger partial charge in [0.1, 0.15) is 0 Å². The van der Waals surface area contributed by atoms with Gasteiger partial charge in [0.25, 0.3) is 0 Å². The van der Waals surface area contributed by atoms with Gasteiger partial charge in [-0.05, 0) is 47.8 Å². The minimum absolute atomic E-state index is 0.102. The largest absolute Gasteiger partial charge is 0.352 e. The van der Waals surface area contributed by atoms with Gasteiger partial charge < -0.3 is 10.6 Å². The lowest BCUT2D eigenvalue weighted by Crippen LogP contribution is -2.40. The van der Waals surface area contributed by atoms with E-state index in [0.717, 1.165) is 11.3 Å². The van der Waals surface area contributed by atoms with Crippen LogP contribution < -0.4 is 10.6 Å². The second-order valence-corrected chi connectivity index (χ2v) is 6.08. The van der Waals surface area contributed by atoms with Crippen molar-refractivity contribution in [3.63, 3.8) is 0 Å². The normalized spacial score (nSPS) is 17.7. The maximum absolute atomic E-state index is 5.34. The topological polar surface area (TPSA) is 24.1 Å².